The van der Waals surface area contributed by atoms with Crippen molar-refractivity contribution in [2.75, 3.05) is 0 Å². The van der Waals surface area contributed by atoms with Gasteiger partial charge in [-0.1, -0.05) is 42.5 Å². The molecule has 0 saturated carbocycles. The number of rotatable bonds is 4. The van der Waals surface area contributed by atoms with Crippen molar-refractivity contribution in [3.63, 3.8) is 0 Å². The van der Waals surface area contributed by atoms with Crippen LogP contribution in [-0.4, -0.2) is 0 Å². The van der Waals surface area contributed by atoms with Gasteiger partial charge in [0.25, 0.3) is 0 Å². The second-order valence-corrected chi connectivity index (χ2v) is 5.86. The van der Waals surface area contributed by atoms with Crippen molar-refractivity contribution in [1.82, 2.24) is 0 Å². The molecule has 0 N–H and O–H groups in total. The van der Waals surface area contributed by atoms with Gasteiger partial charge in [0.2, 0.25) is 5.69 Å². The molecule has 1 heterocycles. The average molecular weight is 347 g/mol. The minimum atomic E-state index is -0.795. The third-order valence-electron chi connectivity index (χ3n) is 4.15. The lowest BCUT2D eigenvalue weighted by molar-refractivity contribution is -0.595. The van der Waals surface area contributed by atoms with Crippen molar-refractivity contribution in [3.8, 4) is 23.9 Å². The Morgan fingerprint density at radius 2 is 1.44 bits per heavy atom. The molecule has 126 valence electrons. The fraction of sp³-hybridized carbons (Fsp3) is 0.0435. The highest BCUT2D eigenvalue weighted by Crippen LogP contribution is 2.21. The first-order chi connectivity index (χ1) is 13.2. The van der Waals surface area contributed by atoms with Crippen molar-refractivity contribution >= 4 is 11.6 Å². The summed E-state index contributed by atoms with van der Waals surface area (Å²) in [4.78, 5) is 0. The normalized spacial score (nSPS) is 10.7. The Bertz CT molecular complexity index is 1060. The van der Waals surface area contributed by atoms with Crippen molar-refractivity contribution in [3.05, 3.63) is 95.8 Å². The number of hydrogen-bond donors (Lipinski definition) is 0. The molecule has 0 spiro atoms. The quantitative estimate of drug-likeness (QED) is 0.525. The number of aromatic nitrogens is 1. The van der Waals surface area contributed by atoms with E-state index in [2.05, 4.69) is 6.07 Å². The first kappa shape index (κ1) is 17.6. The number of para-hydroxylation sites is 1. The molecule has 2 aromatic carbocycles. The Balaban J connectivity index is 1.86. The van der Waals surface area contributed by atoms with E-state index in [0.717, 1.165) is 16.8 Å². The minimum absolute atomic E-state index is 0.518. The fourth-order valence-corrected chi connectivity index (χ4v) is 2.69. The Morgan fingerprint density at radius 3 is 2.00 bits per heavy atom. The second kappa shape index (κ2) is 8.26. The molecular formula is C23H15N4+. The number of pyridine rings is 1. The van der Waals surface area contributed by atoms with Gasteiger partial charge in [-0.25, -0.2) is 0 Å². The maximum absolute atomic E-state index is 9.52. The van der Waals surface area contributed by atoms with Gasteiger partial charge in [-0.3, -0.25) is 0 Å². The average Bonchev–Trinajstić information content (AvgIpc) is 2.74. The van der Waals surface area contributed by atoms with E-state index >= 15 is 0 Å². The van der Waals surface area contributed by atoms with E-state index in [1.54, 1.807) is 24.3 Å². The summed E-state index contributed by atoms with van der Waals surface area (Å²) in [5, 5.41) is 27.4. The van der Waals surface area contributed by atoms with Crippen LogP contribution in [0.1, 0.15) is 22.6 Å². The Kier molecular flexibility index (Phi) is 5.39. The molecule has 0 aliphatic rings. The van der Waals surface area contributed by atoms with Gasteiger partial charge < -0.3 is 0 Å². The maximum atomic E-state index is 9.52. The van der Waals surface area contributed by atoms with E-state index < -0.39 is 5.92 Å². The van der Waals surface area contributed by atoms with Gasteiger partial charge in [-0.15, -0.1) is 0 Å². The van der Waals surface area contributed by atoms with Crippen LogP contribution in [0.4, 0.5) is 0 Å². The van der Waals surface area contributed by atoms with Gasteiger partial charge in [0.05, 0.1) is 23.8 Å². The van der Waals surface area contributed by atoms with Crippen molar-refractivity contribution in [1.29, 1.82) is 15.8 Å². The van der Waals surface area contributed by atoms with Crippen LogP contribution < -0.4 is 4.57 Å². The standard InChI is InChI=1S/C23H15N4/c24-15-21(19-6-8-20(9-7-19)22(16-25)17-26)14-18-10-12-27(13-11-18)23-4-2-1-3-5-23/h1-14,22H/q+1. The SMILES string of the molecule is N#CC(=Cc1cc[n+](-c2ccccc2)cc1)c1ccc(C(C#N)C#N)cc1. The van der Waals surface area contributed by atoms with Crippen LogP contribution in [0.5, 0.6) is 0 Å². The van der Waals surface area contributed by atoms with Crippen LogP contribution in [0.3, 0.4) is 0 Å². The van der Waals surface area contributed by atoms with E-state index in [1.165, 1.54) is 0 Å². The van der Waals surface area contributed by atoms with Crippen molar-refractivity contribution < 1.29 is 4.57 Å². The summed E-state index contributed by atoms with van der Waals surface area (Å²) in [6, 6.07) is 26.9. The minimum Gasteiger partial charge on any atom is -0.196 e. The predicted octanol–water partition coefficient (Wildman–Crippen LogP) is 4.16. The molecule has 3 rings (SSSR count). The number of benzene rings is 2. The van der Waals surface area contributed by atoms with Crippen LogP contribution in [0, 0.1) is 34.0 Å². The van der Waals surface area contributed by atoms with Gasteiger partial charge in [-0.2, -0.15) is 20.4 Å². The predicted molar refractivity (Wildman–Crippen MR) is 102 cm³/mol. The lowest BCUT2D eigenvalue weighted by Gasteiger charge is -2.03. The summed E-state index contributed by atoms with van der Waals surface area (Å²) >= 11 is 0. The fourth-order valence-electron chi connectivity index (χ4n) is 2.69. The summed E-state index contributed by atoms with van der Waals surface area (Å²) in [5.74, 6) is -0.795. The molecule has 0 aliphatic heterocycles. The first-order valence-electron chi connectivity index (χ1n) is 8.33. The first-order valence-corrected chi connectivity index (χ1v) is 8.33. The van der Waals surface area contributed by atoms with Crippen LogP contribution in [0.2, 0.25) is 0 Å². The Hall–Kier alpha value is -4.20. The lowest BCUT2D eigenvalue weighted by Crippen LogP contribution is -2.28. The van der Waals surface area contributed by atoms with Crippen LogP contribution in [-0.2, 0) is 0 Å². The zero-order valence-corrected chi connectivity index (χ0v) is 14.4. The molecule has 4 nitrogen and oxygen atoms in total. The van der Waals surface area contributed by atoms with Gasteiger partial charge in [-0.05, 0) is 22.8 Å². The third-order valence-corrected chi connectivity index (χ3v) is 4.15. The summed E-state index contributed by atoms with van der Waals surface area (Å²) < 4.78 is 2.00. The monoisotopic (exact) mass is 347 g/mol. The maximum Gasteiger partial charge on any atom is 0.210 e. The number of nitrogens with zero attached hydrogens (tertiary/aromatic N) is 4. The van der Waals surface area contributed by atoms with Gasteiger partial charge in [0.15, 0.2) is 18.3 Å². The number of allylic oxidation sites excluding steroid dienone is 1. The smallest absolute Gasteiger partial charge is 0.196 e. The van der Waals surface area contributed by atoms with Gasteiger partial charge >= 0.3 is 0 Å². The van der Waals surface area contributed by atoms with Gasteiger partial charge in [0.1, 0.15) is 0 Å². The third kappa shape index (κ3) is 4.07. The second-order valence-electron chi connectivity index (χ2n) is 5.86. The molecule has 0 radical (unpaired) electrons. The molecule has 0 bridgehead atoms. The van der Waals surface area contributed by atoms with Crippen LogP contribution >= 0.6 is 0 Å². The molecule has 1 aromatic heterocycles. The lowest BCUT2D eigenvalue weighted by atomic mass is 9.98. The summed E-state index contributed by atoms with van der Waals surface area (Å²) in [6.45, 7) is 0. The molecule has 4 heteroatoms. The number of nitriles is 3. The molecule has 0 saturated heterocycles. The highest BCUT2D eigenvalue weighted by molar-refractivity contribution is 5.89. The topological polar surface area (TPSA) is 75.2 Å². The molecular weight excluding hydrogens is 332 g/mol. The van der Waals surface area contributed by atoms with Crippen LogP contribution in [0.15, 0.2) is 79.1 Å². The zero-order chi connectivity index (χ0) is 19.1. The summed E-state index contributed by atoms with van der Waals surface area (Å²) in [7, 11) is 0. The highest BCUT2D eigenvalue weighted by Gasteiger charge is 2.10. The Labute approximate surface area is 158 Å². The van der Waals surface area contributed by atoms with Gasteiger partial charge in [0, 0.05) is 24.3 Å². The zero-order valence-electron chi connectivity index (χ0n) is 14.4. The molecule has 27 heavy (non-hydrogen) atoms. The molecule has 0 atom stereocenters. The van der Waals surface area contributed by atoms with E-state index in [9.17, 15) is 5.26 Å². The van der Waals surface area contributed by atoms with Crippen LogP contribution in [0.25, 0.3) is 17.3 Å². The van der Waals surface area contributed by atoms with Crippen molar-refractivity contribution in [2.45, 2.75) is 5.92 Å². The molecule has 0 aliphatic carbocycles. The van der Waals surface area contributed by atoms with E-state index in [-0.39, 0.29) is 0 Å². The highest BCUT2D eigenvalue weighted by atomic mass is 14.9. The summed E-state index contributed by atoms with van der Waals surface area (Å²) in [6.07, 6.45) is 5.71. The molecule has 0 fully saturated rings. The molecule has 3 aromatic rings. The van der Waals surface area contributed by atoms with E-state index in [4.69, 9.17) is 10.5 Å². The Morgan fingerprint density at radius 1 is 0.815 bits per heavy atom. The molecule has 0 unspecified atom stereocenters. The van der Waals surface area contributed by atoms with Crippen molar-refractivity contribution in [2.24, 2.45) is 0 Å². The largest absolute Gasteiger partial charge is 0.210 e. The van der Waals surface area contributed by atoms with E-state index in [1.807, 2.05) is 77.6 Å². The summed E-state index contributed by atoms with van der Waals surface area (Å²) in [5.41, 5.74) is 3.87. The molecule has 0 amide bonds. The van der Waals surface area contributed by atoms with E-state index in [0.29, 0.717) is 11.1 Å². The number of hydrogen-bond acceptors (Lipinski definition) is 3.